The molecule has 0 atom stereocenters. The lowest BCUT2D eigenvalue weighted by Gasteiger charge is -1.91. The molecule has 0 aliphatic heterocycles. The first-order chi connectivity index (χ1) is 6.81. The van der Waals surface area contributed by atoms with Gasteiger partial charge in [0, 0.05) is 18.0 Å². The zero-order valence-electron chi connectivity index (χ0n) is 6.85. The molecule has 14 heavy (non-hydrogen) atoms. The van der Waals surface area contributed by atoms with Crippen molar-refractivity contribution in [2.75, 3.05) is 0 Å². The van der Waals surface area contributed by atoms with Crippen molar-refractivity contribution in [3.8, 4) is 10.6 Å². The summed E-state index contributed by atoms with van der Waals surface area (Å²) < 4.78 is 1.91. The summed E-state index contributed by atoms with van der Waals surface area (Å²) in [6, 6.07) is 3.89. The highest BCUT2D eigenvalue weighted by molar-refractivity contribution is 9.10. The van der Waals surface area contributed by atoms with Gasteiger partial charge in [0.1, 0.15) is 13.8 Å². The van der Waals surface area contributed by atoms with Crippen LogP contribution in [-0.4, -0.2) is 9.97 Å². The molecule has 6 heteroatoms. The van der Waals surface area contributed by atoms with Crippen LogP contribution in [0, 0.1) is 0 Å². The Morgan fingerprint density at radius 1 is 1.50 bits per heavy atom. The van der Waals surface area contributed by atoms with Gasteiger partial charge < -0.3 is 0 Å². The molecule has 0 saturated carbocycles. The Hall–Kier alpha value is -0.0400. The van der Waals surface area contributed by atoms with Crippen molar-refractivity contribution in [3.63, 3.8) is 0 Å². The first-order valence-corrected chi connectivity index (χ1v) is 7.17. The molecule has 0 unspecified atom stereocenters. The fraction of sp³-hybridized carbons (Fsp3) is 0. The molecular weight excluding hydrogens is 300 g/mol. The minimum absolute atomic E-state index is 0.848. The zero-order valence-corrected chi connectivity index (χ0v) is 11.0. The lowest BCUT2D eigenvalue weighted by molar-refractivity contribution is 1.28. The molecule has 0 spiro atoms. The van der Waals surface area contributed by atoms with E-state index in [4.69, 9.17) is 0 Å². The topological polar surface area (TPSA) is 25.8 Å². The number of nitrogens with zero attached hydrogens (tertiary/aromatic N) is 2. The van der Waals surface area contributed by atoms with E-state index in [1.807, 2.05) is 12.1 Å². The molecule has 0 aromatic carbocycles. The van der Waals surface area contributed by atoms with Gasteiger partial charge in [-0.2, -0.15) is 0 Å². The maximum absolute atomic E-state index is 4.38. The standard InChI is InChI=1S/C8H5BrN2S3/c9-6-8(14-12)13-7(11-6)5-2-1-3-10-4-5/h1-4,12H. The predicted octanol–water partition coefficient (Wildman–Crippen LogP) is 3.90. The number of hydrogen-bond donors (Lipinski definition) is 1. The van der Waals surface area contributed by atoms with Crippen molar-refractivity contribution in [2.24, 2.45) is 0 Å². The zero-order chi connectivity index (χ0) is 9.97. The summed E-state index contributed by atoms with van der Waals surface area (Å²) in [6.07, 6.45) is 3.55. The number of pyridine rings is 1. The summed E-state index contributed by atoms with van der Waals surface area (Å²) in [5, 5.41) is 0.960. The third-order valence-electron chi connectivity index (χ3n) is 1.55. The van der Waals surface area contributed by atoms with Gasteiger partial charge in [0.2, 0.25) is 0 Å². The van der Waals surface area contributed by atoms with E-state index < -0.39 is 0 Å². The normalized spacial score (nSPS) is 10.4. The molecule has 0 N–H and O–H groups in total. The monoisotopic (exact) mass is 304 g/mol. The summed E-state index contributed by atoms with van der Waals surface area (Å²) in [6.45, 7) is 0. The van der Waals surface area contributed by atoms with Crippen LogP contribution < -0.4 is 0 Å². The average molecular weight is 305 g/mol. The summed E-state index contributed by atoms with van der Waals surface area (Å²) >= 11 is 9.13. The molecule has 0 amide bonds. The minimum atomic E-state index is 0.848. The van der Waals surface area contributed by atoms with Crippen LogP contribution in [0.1, 0.15) is 0 Å². The van der Waals surface area contributed by atoms with Gasteiger partial charge in [0.15, 0.2) is 0 Å². The van der Waals surface area contributed by atoms with Crippen molar-refractivity contribution >= 4 is 49.7 Å². The second-order valence-corrected chi connectivity index (χ2v) is 5.58. The van der Waals surface area contributed by atoms with Crippen LogP contribution in [0.5, 0.6) is 0 Å². The first kappa shape index (κ1) is 10.5. The molecule has 2 heterocycles. The van der Waals surface area contributed by atoms with Crippen LogP contribution >= 0.6 is 49.7 Å². The Balaban J connectivity index is 2.43. The van der Waals surface area contributed by atoms with Crippen molar-refractivity contribution < 1.29 is 0 Å². The largest absolute Gasteiger partial charge is 0.264 e. The van der Waals surface area contributed by atoms with Crippen LogP contribution in [0.2, 0.25) is 0 Å². The van der Waals surface area contributed by atoms with Crippen molar-refractivity contribution in [3.05, 3.63) is 29.1 Å². The Morgan fingerprint density at radius 3 is 2.93 bits per heavy atom. The van der Waals surface area contributed by atoms with Gasteiger partial charge in [0.05, 0.1) is 0 Å². The lowest BCUT2D eigenvalue weighted by Crippen LogP contribution is -1.76. The molecule has 72 valence electrons. The Labute approximate surface area is 103 Å². The summed E-state index contributed by atoms with van der Waals surface area (Å²) in [5.41, 5.74) is 1.03. The molecule has 2 aromatic heterocycles. The van der Waals surface area contributed by atoms with Crippen molar-refractivity contribution in [1.82, 2.24) is 9.97 Å². The van der Waals surface area contributed by atoms with E-state index >= 15 is 0 Å². The molecule has 2 nitrogen and oxygen atoms in total. The van der Waals surface area contributed by atoms with Crippen LogP contribution in [0.3, 0.4) is 0 Å². The molecule has 0 aliphatic rings. The van der Waals surface area contributed by atoms with E-state index in [1.54, 1.807) is 23.7 Å². The molecule has 0 fully saturated rings. The Kier molecular flexibility index (Phi) is 3.48. The molecule has 0 saturated heterocycles. The van der Waals surface area contributed by atoms with E-state index in [1.165, 1.54) is 10.8 Å². The molecular formula is C8H5BrN2S3. The van der Waals surface area contributed by atoms with Gasteiger partial charge >= 0.3 is 0 Å². The van der Waals surface area contributed by atoms with Gasteiger partial charge in [-0.3, -0.25) is 4.98 Å². The number of rotatable bonds is 2. The maximum Gasteiger partial charge on any atom is 0.132 e. The number of thiol groups is 1. The van der Waals surface area contributed by atoms with Crippen LogP contribution in [-0.2, 0) is 0 Å². The lowest BCUT2D eigenvalue weighted by atomic mass is 10.3. The number of halogens is 1. The van der Waals surface area contributed by atoms with Crippen LogP contribution in [0.25, 0.3) is 10.6 Å². The molecule has 2 rings (SSSR count). The number of aromatic nitrogens is 2. The van der Waals surface area contributed by atoms with E-state index in [0.717, 1.165) is 19.4 Å². The number of hydrogen-bond acceptors (Lipinski definition) is 5. The summed E-state index contributed by atoms with van der Waals surface area (Å²) in [7, 11) is 1.39. The number of thiazole rings is 1. The van der Waals surface area contributed by atoms with Gasteiger partial charge in [-0.25, -0.2) is 4.98 Å². The minimum Gasteiger partial charge on any atom is -0.264 e. The average Bonchev–Trinajstić information content (AvgIpc) is 2.61. The fourth-order valence-corrected chi connectivity index (χ4v) is 3.89. The van der Waals surface area contributed by atoms with Gasteiger partial charge in [0.25, 0.3) is 0 Å². The highest BCUT2D eigenvalue weighted by atomic mass is 79.9. The van der Waals surface area contributed by atoms with Crippen molar-refractivity contribution in [1.29, 1.82) is 0 Å². The van der Waals surface area contributed by atoms with Gasteiger partial charge in [-0.05, 0) is 38.9 Å². The predicted molar refractivity (Wildman–Crippen MR) is 67.9 cm³/mol. The molecule has 0 bridgehead atoms. The highest BCUT2D eigenvalue weighted by Gasteiger charge is 2.09. The SMILES string of the molecule is SSc1sc(-c2cccnc2)nc1Br. The summed E-state index contributed by atoms with van der Waals surface area (Å²) in [4.78, 5) is 8.43. The highest BCUT2D eigenvalue weighted by Crippen LogP contribution is 2.38. The van der Waals surface area contributed by atoms with Crippen LogP contribution in [0.15, 0.2) is 33.3 Å². The maximum atomic E-state index is 4.38. The quantitative estimate of drug-likeness (QED) is 0.673. The van der Waals surface area contributed by atoms with E-state index in [9.17, 15) is 0 Å². The first-order valence-electron chi connectivity index (χ1n) is 3.69. The third-order valence-corrected chi connectivity index (χ3v) is 5.32. The van der Waals surface area contributed by atoms with Gasteiger partial charge in [-0.1, -0.05) is 0 Å². The van der Waals surface area contributed by atoms with E-state index in [-0.39, 0.29) is 0 Å². The Morgan fingerprint density at radius 2 is 2.36 bits per heavy atom. The molecule has 2 aromatic rings. The van der Waals surface area contributed by atoms with Crippen LogP contribution in [0.4, 0.5) is 0 Å². The second kappa shape index (κ2) is 4.65. The smallest absolute Gasteiger partial charge is 0.132 e. The van der Waals surface area contributed by atoms with E-state index in [0.29, 0.717) is 0 Å². The molecule has 0 radical (unpaired) electrons. The van der Waals surface area contributed by atoms with Crippen molar-refractivity contribution in [2.45, 2.75) is 4.21 Å². The second-order valence-electron chi connectivity index (χ2n) is 2.43. The Bertz CT molecular complexity index is 429. The van der Waals surface area contributed by atoms with E-state index in [2.05, 4.69) is 37.6 Å². The third kappa shape index (κ3) is 2.13. The fourth-order valence-electron chi connectivity index (χ4n) is 0.957. The van der Waals surface area contributed by atoms with Gasteiger partial charge in [-0.15, -0.1) is 23.0 Å². The molecule has 0 aliphatic carbocycles. The summed E-state index contributed by atoms with van der Waals surface area (Å²) in [5.74, 6) is 0.